The lowest BCUT2D eigenvalue weighted by atomic mass is 10.1. The molecule has 78 valence electrons. The third-order valence-corrected chi connectivity index (χ3v) is 2.54. The molecule has 1 heterocycles. The Morgan fingerprint density at radius 1 is 1.50 bits per heavy atom. The molecule has 0 aliphatic rings. The normalized spacial score (nSPS) is 12.8. The molecule has 0 aliphatic carbocycles. The lowest BCUT2D eigenvalue weighted by Gasteiger charge is -2.11. The first-order valence-corrected chi connectivity index (χ1v) is 5.42. The van der Waals surface area contributed by atoms with Gasteiger partial charge in [0, 0.05) is 11.8 Å². The summed E-state index contributed by atoms with van der Waals surface area (Å²) in [6.07, 6.45) is 5.26. The SMILES string of the molecule is CCCCCC(O)c1cccnc1Cl. The van der Waals surface area contributed by atoms with Crippen LogP contribution in [0.2, 0.25) is 5.15 Å². The van der Waals surface area contributed by atoms with E-state index >= 15 is 0 Å². The Kier molecular flexibility index (Phi) is 4.91. The highest BCUT2D eigenvalue weighted by Crippen LogP contribution is 2.24. The Morgan fingerprint density at radius 2 is 2.29 bits per heavy atom. The average molecular weight is 214 g/mol. The van der Waals surface area contributed by atoms with Crippen LogP contribution in [-0.2, 0) is 0 Å². The highest BCUT2D eigenvalue weighted by atomic mass is 35.5. The van der Waals surface area contributed by atoms with Gasteiger partial charge in [0.25, 0.3) is 0 Å². The van der Waals surface area contributed by atoms with Crippen LogP contribution in [0.1, 0.15) is 44.3 Å². The van der Waals surface area contributed by atoms with Crippen molar-refractivity contribution in [2.24, 2.45) is 0 Å². The van der Waals surface area contributed by atoms with E-state index in [2.05, 4.69) is 11.9 Å². The number of pyridine rings is 1. The van der Waals surface area contributed by atoms with Crippen molar-refractivity contribution >= 4 is 11.6 Å². The van der Waals surface area contributed by atoms with Gasteiger partial charge in [-0.15, -0.1) is 0 Å². The molecule has 1 rings (SSSR count). The number of hydrogen-bond acceptors (Lipinski definition) is 2. The highest BCUT2D eigenvalue weighted by molar-refractivity contribution is 6.30. The van der Waals surface area contributed by atoms with E-state index in [1.165, 1.54) is 0 Å². The van der Waals surface area contributed by atoms with Crippen LogP contribution in [0.25, 0.3) is 0 Å². The second kappa shape index (κ2) is 5.99. The molecule has 0 aliphatic heterocycles. The molecule has 0 fully saturated rings. The standard InChI is InChI=1S/C11H16ClNO/c1-2-3-4-7-10(14)9-6-5-8-13-11(9)12/h5-6,8,10,14H,2-4,7H2,1H3. The lowest BCUT2D eigenvalue weighted by Crippen LogP contribution is -1.99. The van der Waals surface area contributed by atoms with E-state index in [0.717, 1.165) is 31.2 Å². The molecule has 0 aromatic carbocycles. The molecule has 0 saturated carbocycles. The first-order valence-electron chi connectivity index (χ1n) is 5.04. The molecule has 1 aromatic heterocycles. The van der Waals surface area contributed by atoms with Crippen molar-refractivity contribution in [1.82, 2.24) is 4.98 Å². The predicted octanol–water partition coefficient (Wildman–Crippen LogP) is 3.35. The van der Waals surface area contributed by atoms with Gasteiger partial charge >= 0.3 is 0 Å². The zero-order chi connectivity index (χ0) is 10.4. The first kappa shape index (κ1) is 11.5. The summed E-state index contributed by atoms with van der Waals surface area (Å²) in [6, 6.07) is 3.62. The molecule has 1 aromatic rings. The summed E-state index contributed by atoms with van der Waals surface area (Å²) in [7, 11) is 0. The van der Waals surface area contributed by atoms with Gasteiger partial charge in [-0.3, -0.25) is 0 Å². The van der Waals surface area contributed by atoms with Gasteiger partial charge in [0.1, 0.15) is 5.15 Å². The van der Waals surface area contributed by atoms with Crippen LogP contribution >= 0.6 is 11.6 Å². The van der Waals surface area contributed by atoms with Crippen LogP contribution in [-0.4, -0.2) is 10.1 Å². The van der Waals surface area contributed by atoms with Crippen LogP contribution in [0, 0.1) is 0 Å². The van der Waals surface area contributed by atoms with Crippen molar-refractivity contribution in [3.63, 3.8) is 0 Å². The smallest absolute Gasteiger partial charge is 0.134 e. The Labute approximate surface area is 89.9 Å². The second-order valence-corrected chi connectivity index (χ2v) is 3.75. The molecule has 1 atom stereocenters. The molecule has 0 saturated heterocycles. The third kappa shape index (κ3) is 3.28. The summed E-state index contributed by atoms with van der Waals surface area (Å²) in [5.74, 6) is 0. The van der Waals surface area contributed by atoms with Crippen molar-refractivity contribution in [1.29, 1.82) is 0 Å². The zero-order valence-electron chi connectivity index (χ0n) is 8.41. The van der Waals surface area contributed by atoms with Crippen LogP contribution < -0.4 is 0 Å². The molecular weight excluding hydrogens is 198 g/mol. The molecule has 14 heavy (non-hydrogen) atoms. The van der Waals surface area contributed by atoms with Crippen molar-refractivity contribution in [2.45, 2.75) is 38.7 Å². The van der Waals surface area contributed by atoms with Gasteiger partial charge in [0.2, 0.25) is 0 Å². The Bertz CT molecular complexity index is 278. The summed E-state index contributed by atoms with van der Waals surface area (Å²) in [4.78, 5) is 3.93. The summed E-state index contributed by atoms with van der Waals surface area (Å²) in [6.45, 7) is 2.14. The molecule has 0 radical (unpaired) electrons. The summed E-state index contributed by atoms with van der Waals surface area (Å²) >= 11 is 5.86. The van der Waals surface area contributed by atoms with Crippen LogP contribution in [0.5, 0.6) is 0 Å². The van der Waals surface area contributed by atoms with E-state index in [9.17, 15) is 5.11 Å². The van der Waals surface area contributed by atoms with Crippen LogP contribution in [0.3, 0.4) is 0 Å². The molecular formula is C11H16ClNO. The van der Waals surface area contributed by atoms with Gasteiger partial charge in [0.15, 0.2) is 0 Å². The number of nitrogens with zero attached hydrogens (tertiary/aromatic N) is 1. The number of aliphatic hydroxyl groups excluding tert-OH is 1. The topological polar surface area (TPSA) is 33.1 Å². The van der Waals surface area contributed by atoms with Crippen LogP contribution in [0.15, 0.2) is 18.3 Å². The Balaban J connectivity index is 2.51. The number of hydrogen-bond donors (Lipinski definition) is 1. The zero-order valence-corrected chi connectivity index (χ0v) is 9.17. The Hall–Kier alpha value is -0.600. The van der Waals surface area contributed by atoms with Crippen molar-refractivity contribution in [3.8, 4) is 0 Å². The van der Waals surface area contributed by atoms with E-state index in [0.29, 0.717) is 5.15 Å². The number of halogens is 1. The molecule has 1 unspecified atom stereocenters. The molecule has 2 nitrogen and oxygen atoms in total. The highest BCUT2D eigenvalue weighted by Gasteiger charge is 2.10. The quantitative estimate of drug-likeness (QED) is 0.601. The maximum absolute atomic E-state index is 9.80. The molecule has 0 spiro atoms. The fourth-order valence-corrected chi connectivity index (χ4v) is 1.64. The van der Waals surface area contributed by atoms with Gasteiger partial charge < -0.3 is 5.11 Å². The van der Waals surface area contributed by atoms with Crippen LogP contribution in [0.4, 0.5) is 0 Å². The summed E-state index contributed by atoms with van der Waals surface area (Å²) in [5, 5.41) is 10.2. The Morgan fingerprint density at radius 3 is 2.93 bits per heavy atom. The van der Waals surface area contributed by atoms with Gasteiger partial charge in [-0.05, 0) is 12.5 Å². The molecule has 0 bridgehead atoms. The third-order valence-electron chi connectivity index (χ3n) is 2.23. The van der Waals surface area contributed by atoms with Gasteiger partial charge in [-0.1, -0.05) is 43.9 Å². The minimum atomic E-state index is -0.470. The predicted molar refractivity (Wildman–Crippen MR) is 58.3 cm³/mol. The number of unbranched alkanes of at least 4 members (excludes halogenated alkanes) is 2. The van der Waals surface area contributed by atoms with E-state index in [1.54, 1.807) is 12.3 Å². The maximum Gasteiger partial charge on any atom is 0.134 e. The summed E-state index contributed by atoms with van der Waals surface area (Å²) < 4.78 is 0. The average Bonchev–Trinajstić information content (AvgIpc) is 2.18. The van der Waals surface area contributed by atoms with Gasteiger partial charge in [0.05, 0.1) is 6.10 Å². The number of rotatable bonds is 5. The number of aliphatic hydroxyl groups is 1. The van der Waals surface area contributed by atoms with E-state index in [4.69, 9.17) is 11.6 Å². The largest absolute Gasteiger partial charge is 0.388 e. The van der Waals surface area contributed by atoms with E-state index in [-0.39, 0.29) is 0 Å². The lowest BCUT2D eigenvalue weighted by molar-refractivity contribution is 0.163. The van der Waals surface area contributed by atoms with E-state index < -0.39 is 6.10 Å². The van der Waals surface area contributed by atoms with Gasteiger partial charge in [-0.25, -0.2) is 4.98 Å². The van der Waals surface area contributed by atoms with Crippen molar-refractivity contribution in [3.05, 3.63) is 29.0 Å². The monoisotopic (exact) mass is 213 g/mol. The van der Waals surface area contributed by atoms with E-state index in [1.807, 2.05) is 6.07 Å². The fraction of sp³-hybridized carbons (Fsp3) is 0.545. The van der Waals surface area contributed by atoms with Gasteiger partial charge in [-0.2, -0.15) is 0 Å². The molecule has 1 N–H and O–H groups in total. The van der Waals surface area contributed by atoms with Crippen molar-refractivity contribution < 1.29 is 5.11 Å². The maximum atomic E-state index is 9.80. The minimum Gasteiger partial charge on any atom is -0.388 e. The van der Waals surface area contributed by atoms with Crippen molar-refractivity contribution in [2.75, 3.05) is 0 Å². The minimum absolute atomic E-state index is 0.413. The number of aromatic nitrogens is 1. The fourth-order valence-electron chi connectivity index (χ4n) is 1.39. The first-order chi connectivity index (χ1) is 6.75. The second-order valence-electron chi connectivity index (χ2n) is 3.40. The summed E-state index contributed by atoms with van der Waals surface area (Å²) in [5.41, 5.74) is 0.741. The molecule has 0 amide bonds. The molecule has 3 heteroatoms.